The summed E-state index contributed by atoms with van der Waals surface area (Å²) in [6.07, 6.45) is 0.346. The first kappa shape index (κ1) is 27.4. The average molecular weight is 528 g/mol. The van der Waals surface area contributed by atoms with E-state index in [1.807, 2.05) is 36.4 Å². The number of hydrogen-bond acceptors (Lipinski definition) is 4. The average Bonchev–Trinajstić information content (AvgIpc) is 2.92. The zero-order valence-electron chi connectivity index (χ0n) is 20.8. The molecular weight excluding hydrogens is 497 g/mol. The minimum absolute atomic E-state index is 0.312. The molecule has 0 atom stereocenters. The van der Waals surface area contributed by atoms with E-state index in [1.165, 1.54) is 10.5 Å². The van der Waals surface area contributed by atoms with Gasteiger partial charge in [-0.3, -0.25) is 0 Å². The number of amides is 1. The molecule has 0 aliphatic heterocycles. The van der Waals surface area contributed by atoms with Crippen LogP contribution in [0.1, 0.15) is 30.0 Å². The first-order chi connectivity index (χ1) is 17.5. The first-order valence-electron chi connectivity index (χ1n) is 11.8. The Morgan fingerprint density at radius 1 is 0.694 bits per heavy atom. The maximum Gasteiger partial charge on any atom is 0.415 e. The Kier molecular flexibility index (Phi) is 10.5. The van der Waals surface area contributed by atoms with Crippen LogP contribution in [-0.2, 0) is 0 Å². The Hall–Kier alpha value is -3.15. The van der Waals surface area contributed by atoms with Crippen LogP contribution in [0, 0.1) is 0 Å². The van der Waals surface area contributed by atoms with Crippen molar-refractivity contribution in [3.05, 3.63) is 89.5 Å². The second-order valence-electron chi connectivity index (χ2n) is 7.92. The molecule has 0 saturated carbocycles. The molecule has 3 aromatic rings. The van der Waals surface area contributed by atoms with Gasteiger partial charge in [0.05, 0.1) is 14.2 Å². The Balaban J connectivity index is 2.01. The Bertz CT molecular complexity index is 1140. The lowest BCUT2D eigenvalue weighted by Crippen LogP contribution is -2.36. The number of allylic oxidation sites excluding steroid dienone is 1. The van der Waals surface area contributed by atoms with Crippen LogP contribution in [0.5, 0.6) is 17.2 Å². The molecular formula is C29H31Cl2NO4. The smallest absolute Gasteiger partial charge is 0.415 e. The van der Waals surface area contributed by atoms with Crippen molar-refractivity contribution in [3.8, 4) is 17.2 Å². The highest BCUT2D eigenvalue weighted by atomic mass is 35.5. The topological polar surface area (TPSA) is 48.0 Å². The lowest BCUT2D eigenvalue weighted by Gasteiger charge is -2.20. The summed E-state index contributed by atoms with van der Waals surface area (Å²) < 4.78 is 16.3. The number of rotatable bonds is 11. The van der Waals surface area contributed by atoms with Crippen LogP contribution in [-0.4, -0.2) is 50.1 Å². The van der Waals surface area contributed by atoms with Crippen molar-refractivity contribution in [2.75, 3.05) is 39.1 Å². The van der Waals surface area contributed by atoms with Crippen molar-refractivity contribution in [3.63, 3.8) is 0 Å². The number of nitrogens with zero attached hydrogens (tertiary/aromatic N) is 1. The summed E-state index contributed by atoms with van der Waals surface area (Å²) in [4.78, 5) is 14.0. The van der Waals surface area contributed by atoms with Gasteiger partial charge in [0.1, 0.15) is 17.2 Å². The molecule has 0 radical (unpaired) electrons. The van der Waals surface area contributed by atoms with E-state index in [-0.39, 0.29) is 0 Å². The summed E-state index contributed by atoms with van der Waals surface area (Å²) in [5.41, 5.74) is 5.45. The molecule has 5 nitrogen and oxygen atoms in total. The summed E-state index contributed by atoms with van der Waals surface area (Å²) >= 11 is 11.6. The van der Waals surface area contributed by atoms with Crippen LogP contribution in [0.2, 0.25) is 0 Å². The van der Waals surface area contributed by atoms with Gasteiger partial charge in [-0.1, -0.05) is 43.3 Å². The number of hydrogen-bond donors (Lipinski definition) is 0. The van der Waals surface area contributed by atoms with Crippen LogP contribution in [0.25, 0.3) is 11.1 Å². The maximum atomic E-state index is 12.5. The SMILES string of the molecule is CCC(=C(c1ccc(OC)cc1)c1ccc(OC(=O)N(CCCl)CCCl)cc1)c1ccc(OC)cc1. The van der Waals surface area contributed by atoms with Gasteiger partial charge in [0.15, 0.2) is 0 Å². The normalized spacial score (nSPS) is 11.5. The van der Waals surface area contributed by atoms with Gasteiger partial charge < -0.3 is 19.1 Å². The van der Waals surface area contributed by atoms with Gasteiger partial charge in [0.2, 0.25) is 0 Å². The highest BCUT2D eigenvalue weighted by Gasteiger charge is 2.17. The zero-order chi connectivity index (χ0) is 25.9. The van der Waals surface area contributed by atoms with E-state index in [2.05, 4.69) is 31.2 Å². The number of carbonyl (C=O) groups excluding carboxylic acids is 1. The molecule has 0 heterocycles. The Morgan fingerprint density at radius 2 is 1.11 bits per heavy atom. The fourth-order valence-electron chi connectivity index (χ4n) is 3.94. The minimum Gasteiger partial charge on any atom is -0.497 e. The van der Waals surface area contributed by atoms with Crippen LogP contribution in [0.15, 0.2) is 72.8 Å². The largest absolute Gasteiger partial charge is 0.497 e. The van der Waals surface area contributed by atoms with E-state index in [0.29, 0.717) is 30.6 Å². The van der Waals surface area contributed by atoms with Crippen molar-refractivity contribution >= 4 is 40.4 Å². The molecule has 0 fully saturated rings. The van der Waals surface area contributed by atoms with E-state index in [9.17, 15) is 4.79 Å². The van der Waals surface area contributed by atoms with Gasteiger partial charge in [-0.25, -0.2) is 4.79 Å². The van der Waals surface area contributed by atoms with Gasteiger partial charge in [-0.15, -0.1) is 23.2 Å². The summed E-state index contributed by atoms with van der Waals surface area (Å²) in [6.45, 7) is 2.89. The van der Waals surface area contributed by atoms with E-state index >= 15 is 0 Å². The van der Waals surface area contributed by atoms with Crippen molar-refractivity contribution < 1.29 is 19.0 Å². The van der Waals surface area contributed by atoms with Gasteiger partial charge in [0.25, 0.3) is 0 Å². The molecule has 3 rings (SSSR count). The number of benzene rings is 3. The van der Waals surface area contributed by atoms with Gasteiger partial charge in [0, 0.05) is 24.8 Å². The van der Waals surface area contributed by atoms with Crippen LogP contribution < -0.4 is 14.2 Å². The molecule has 1 amide bonds. The fourth-order valence-corrected chi connectivity index (χ4v) is 4.35. The number of halogens is 2. The third-order valence-corrected chi connectivity index (χ3v) is 6.13. The highest BCUT2D eigenvalue weighted by Crippen LogP contribution is 2.36. The third-order valence-electron chi connectivity index (χ3n) is 5.79. The van der Waals surface area contributed by atoms with Crippen molar-refractivity contribution in [1.29, 1.82) is 0 Å². The van der Waals surface area contributed by atoms with Crippen molar-refractivity contribution in [1.82, 2.24) is 4.90 Å². The highest BCUT2D eigenvalue weighted by molar-refractivity contribution is 6.18. The molecule has 0 aliphatic rings. The zero-order valence-corrected chi connectivity index (χ0v) is 22.3. The summed E-state index contributed by atoms with van der Waals surface area (Å²) in [5.74, 6) is 2.68. The molecule has 0 bridgehead atoms. The quantitative estimate of drug-likeness (QED) is 0.193. The molecule has 0 saturated heterocycles. The monoisotopic (exact) mass is 527 g/mol. The fraction of sp³-hybridized carbons (Fsp3) is 0.276. The first-order valence-corrected chi connectivity index (χ1v) is 12.8. The second-order valence-corrected chi connectivity index (χ2v) is 8.68. The van der Waals surface area contributed by atoms with E-state index in [1.54, 1.807) is 26.4 Å². The maximum absolute atomic E-state index is 12.5. The number of alkyl halides is 2. The Morgan fingerprint density at radius 3 is 1.50 bits per heavy atom. The molecule has 0 aromatic heterocycles. The molecule has 0 aliphatic carbocycles. The Labute approximate surface area is 223 Å². The predicted molar refractivity (Wildman–Crippen MR) is 148 cm³/mol. The minimum atomic E-state index is -0.470. The predicted octanol–water partition coefficient (Wildman–Crippen LogP) is 7.35. The summed E-state index contributed by atoms with van der Waals surface area (Å²) in [6, 6.07) is 23.6. The van der Waals surface area contributed by atoms with Crippen LogP contribution >= 0.6 is 23.2 Å². The number of methoxy groups -OCH3 is 2. The molecule has 3 aromatic carbocycles. The van der Waals surface area contributed by atoms with E-state index < -0.39 is 6.09 Å². The van der Waals surface area contributed by atoms with Gasteiger partial charge in [-0.2, -0.15) is 0 Å². The second kappa shape index (κ2) is 13.8. The van der Waals surface area contributed by atoms with Crippen LogP contribution in [0.4, 0.5) is 4.79 Å². The molecule has 0 spiro atoms. The standard InChI is InChI=1S/C29H31Cl2NO4/c1-4-27(21-5-11-24(34-2)12-6-21)28(22-7-13-25(35-3)14-8-22)23-9-15-26(16-10-23)36-29(33)32(19-17-30)20-18-31/h5-16H,4,17-20H2,1-3H3. The van der Waals surface area contributed by atoms with E-state index in [0.717, 1.165) is 40.2 Å². The number of carbonyl (C=O) groups is 1. The summed E-state index contributed by atoms with van der Waals surface area (Å²) in [7, 11) is 3.31. The summed E-state index contributed by atoms with van der Waals surface area (Å²) in [5, 5.41) is 0. The lowest BCUT2D eigenvalue weighted by atomic mass is 9.88. The number of ether oxygens (including phenoxy) is 3. The molecule has 0 unspecified atom stereocenters. The molecule has 36 heavy (non-hydrogen) atoms. The van der Waals surface area contributed by atoms with Crippen LogP contribution in [0.3, 0.4) is 0 Å². The van der Waals surface area contributed by atoms with Gasteiger partial charge >= 0.3 is 6.09 Å². The van der Waals surface area contributed by atoms with Gasteiger partial charge in [-0.05, 0) is 70.7 Å². The molecule has 7 heteroatoms. The lowest BCUT2D eigenvalue weighted by molar-refractivity contribution is 0.158. The third kappa shape index (κ3) is 6.96. The molecule has 0 N–H and O–H groups in total. The van der Waals surface area contributed by atoms with E-state index in [4.69, 9.17) is 37.4 Å². The van der Waals surface area contributed by atoms with Crippen molar-refractivity contribution in [2.45, 2.75) is 13.3 Å². The molecule has 190 valence electrons. The van der Waals surface area contributed by atoms with Crippen molar-refractivity contribution in [2.24, 2.45) is 0 Å².